The van der Waals surface area contributed by atoms with Crippen LogP contribution in [0.25, 0.3) is 65.0 Å². The summed E-state index contributed by atoms with van der Waals surface area (Å²) in [5.41, 5.74) is 2.53. The van der Waals surface area contributed by atoms with Gasteiger partial charge in [0, 0.05) is 0 Å². The topological polar surface area (TPSA) is 0 Å². The van der Waals surface area contributed by atoms with Gasteiger partial charge in [-0.05, 0) is 71.1 Å². The summed E-state index contributed by atoms with van der Waals surface area (Å²) in [6.07, 6.45) is 0. The number of hydrogen-bond donors (Lipinski definition) is 0. The molecule has 0 heterocycles. The second kappa shape index (κ2) is 5.81. The van der Waals surface area contributed by atoms with E-state index in [-0.39, 0.29) is 0 Å². The molecule has 0 unspecified atom stereocenters. The first-order chi connectivity index (χ1) is 14.9. The van der Waals surface area contributed by atoms with Gasteiger partial charge >= 0.3 is 0 Å². The summed E-state index contributed by atoms with van der Waals surface area (Å²) in [6.45, 7) is 0. The van der Waals surface area contributed by atoms with Crippen LogP contribution in [-0.2, 0) is 0 Å². The van der Waals surface area contributed by atoms with Crippen LogP contribution in [-0.4, -0.2) is 0 Å². The Labute approximate surface area is 174 Å². The van der Waals surface area contributed by atoms with Crippen LogP contribution in [0.5, 0.6) is 0 Å². The SMILES string of the molecule is c1ccc(-c2ccc3c(c2)c2cccc4c5ccccc5c5cccc3c5c42)cc1. The molecular weight excluding hydrogens is 360 g/mol. The normalized spacial score (nSPS) is 12.0. The average Bonchev–Trinajstić information content (AvgIpc) is 2.84. The van der Waals surface area contributed by atoms with Crippen LogP contribution < -0.4 is 0 Å². The summed E-state index contributed by atoms with van der Waals surface area (Å²) in [5, 5.41) is 13.5. The molecule has 0 saturated carbocycles. The van der Waals surface area contributed by atoms with E-state index in [1.807, 2.05) is 0 Å². The van der Waals surface area contributed by atoms with Crippen LogP contribution in [0.2, 0.25) is 0 Å². The van der Waals surface area contributed by atoms with Gasteiger partial charge in [-0.2, -0.15) is 0 Å². The van der Waals surface area contributed by atoms with Crippen molar-refractivity contribution in [2.24, 2.45) is 0 Å². The molecule has 0 aromatic heterocycles. The third-order valence-electron chi connectivity index (χ3n) is 6.59. The van der Waals surface area contributed by atoms with Gasteiger partial charge in [-0.1, -0.05) is 103 Å². The smallest absolute Gasteiger partial charge is 0.00139 e. The average molecular weight is 378 g/mol. The fourth-order valence-electron chi connectivity index (χ4n) is 5.31. The highest BCUT2D eigenvalue weighted by atomic mass is 14.2. The molecule has 0 atom stereocenters. The summed E-state index contributed by atoms with van der Waals surface area (Å²) < 4.78 is 0. The van der Waals surface area contributed by atoms with Crippen molar-refractivity contribution in [3.8, 4) is 11.1 Å². The Morgan fingerprint density at radius 2 is 0.733 bits per heavy atom. The molecule has 7 rings (SSSR count). The van der Waals surface area contributed by atoms with Crippen molar-refractivity contribution in [3.05, 3.63) is 109 Å². The van der Waals surface area contributed by atoms with Crippen LogP contribution in [0.1, 0.15) is 0 Å². The van der Waals surface area contributed by atoms with Gasteiger partial charge < -0.3 is 0 Å². The van der Waals surface area contributed by atoms with E-state index in [0.29, 0.717) is 0 Å². The molecule has 138 valence electrons. The number of fused-ring (bicyclic) bond motifs is 6. The van der Waals surface area contributed by atoms with Crippen molar-refractivity contribution >= 4 is 53.9 Å². The summed E-state index contributed by atoms with van der Waals surface area (Å²) in [5.74, 6) is 0. The van der Waals surface area contributed by atoms with E-state index in [9.17, 15) is 0 Å². The summed E-state index contributed by atoms with van der Waals surface area (Å²) in [7, 11) is 0. The van der Waals surface area contributed by atoms with Crippen molar-refractivity contribution in [1.82, 2.24) is 0 Å². The molecule has 0 N–H and O–H groups in total. The number of benzene rings is 7. The highest BCUT2D eigenvalue weighted by Gasteiger charge is 2.16. The van der Waals surface area contributed by atoms with Crippen LogP contribution in [0, 0.1) is 0 Å². The van der Waals surface area contributed by atoms with Gasteiger partial charge in [-0.15, -0.1) is 0 Å². The maximum Gasteiger partial charge on any atom is -0.00139 e. The monoisotopic (exact) mass is 378 g/mol. The quantitative estimate of drug-likeness (QED) is 0.198. The zero-order valence-corrected chi connectivity index (χ0v) is 16.4. The summed E-state index contributed by atoms with van der Waals surface area (Å²) >= 11 is 0. The lowest BCUT2D eigenvalue weighted by atomic mass is 9.85. The molecule has 0 aliphatic rings. The molecule has 0 bridgehead atoms. The zero-order chi connectivity index (χ0) is 19.7. The lowest BCUT2D eigenvalue weighted by molar-refractivity contribution is 1.65. The van der Waals surface area contributed by atoms with E-state index < -0.39 is 0 Å². The molecule has 0 amide bonds. The summed E-state index contributed by atoms with van der Waals surface area (Å²) in [6, 6.07) is 40.0. The van der Waals surface area contributed by atoms with Gasteiger partial charge in [0.05, 0.1) is 0 Å². The molecule has 0 aliphatic heterocycles. The number of rotatable bonds is 1. The van der Waals surface area contributed by atoms with E-state index in [0.717, 1.165) is 0 Å². The minimum absolute atomic E-state index is 1.26. The van der Waals surface area contributed by atoms with Crippen molar-refractivity contribution in [3.63, 3.8) is 0 Å². The molecule has 0 spiro atoms. The fraction of sp³-hybridized carbons (Fsp3) is 0. The maximum absolute atomic E-state index is 2.37. The first-order valence-electron chi connectivity index (χ1n) is 10.5. The molecule has 7 aromatic carbocycles. The molecule has 0 nitrogen and oxygen atoms in total. The van der Waals surface area contributed by atoms with Gasteiger partial charge in [-0.3, -0.25) is 0 Å². The molecule has 7 aromatic rings. The molecule has 0 saturated heterocycles. The van der Waals surface area contributed by atoms with E-state index in [1.165, 1.54) is 65.0 Å². The lowest BCUT2D eigenvalue weighted by Gasteiger charge is -2.18. The molecule has 0 radical (unpaired) electrons. The van der Waals surface area contributed by atoms with Gasteiger partial charge in [0.15, 0.2) is 0 Å². The minimum Gasteiger partial charge on any atom is -0.0622 e. The Balaban J connectivity index is 1.77. The van der Waals surface area contributed by atoms with Crippen LogP contribution >= 0.6 is 0 Å². The van der Waals surface area contributed by atoms with E-state index in [2.05, 4.69) is 109 Å². The first-order valence-corrected chi connectivity index (χ1v) is 10.5. The third kappa shape index (κ3) is 2.00. The van der Waals surface area contributed by atoms with Crippen LogP contribution in [0.3, 0.4) is 0 Å². The second-order valence-corrected chi connectivity index (χ2v) is 8.13. The van der Waals surface area contributed by atoms with Gasteiger partial charge in [0.25, 0.3) is 0 Å². The zero-order valence-electron chi connectivity index (χ0n) is 16.4. The standard InChI is InChI=1S/C30H18/c1-2-8-19(9-3-1)20-16-17-23-26-14-6-12-24-21-10-4-5-11-22(21)25-13-7-15-27(28(23)18-20)30(25)29(24)26/h1-18H. The van der Waals surface area contributed by atoms with E-state index in [4.69, 9.17) is 0 Å². The van der Waals surface area contributed by atoms with Crippen molar-refractivity contribution in [1.29, 1.82) is 0 Å². The molecular formula is C30H18. The Kier molecular flexibility index (Phi) is 3.09. The second-order valence-electron chi connectivity index (χ2n) is 8.13. The molecule has 30 heavy (non-hydrogen) atoms. The van der Waals surface area contributed by atoms with Crippen molar-refractivity contribution < 1.29 is 0 Å². The van der Waals surface area contributed by atoms with Crippen molar-refractivity contribution in [2.45, 2.75) is 0 Å². The number of hydrogen-bond acceptors (Lipinski definition) is 0. The van der Waals surface area contributed by atoms with Gasteiger partial charge in [0.1, 0.15) is 0 Å². The largest absolute Gasteiger partial charge is 0.0622 e. The molecule has 0 fully saturated rings. The van der Waals surface area contributed by atoms with Gasteiger partial charge in [-0.25, -0.2) is 0 Å². The maximum atomic E-state index is 2.37. The first kappa shape index (κ1) is 16.0. The summed E-state index contributed by atoms with van der Waals surface area (Å²) in [4.78, 5) is 0. The van der Waals surface area contributed by atoms with Crippen LogP contribution in [0.15, 0.2) is 109 Å². The van der Waals surface area contributed by atoms with E-state index in [1.54, 1.807) is 0 Å². The van der Waals surface area contributed by atoms with Gasteiger partial charge in [0.2, 0.25) is 0 Å². The predicted molar refractivity (Wildman–Crippen MR) is 131 cm³/mol. The lowest BCUT2D eigenvalue weighted by Crippen LogP contribution is -1.89. The van der Waals surface area contributed by atoms with Crippen molar-refractivity contribution in [2.75, 3.05) is 0 Å². The Morgan fingerprint density at radius 3 is 1.33 bits per heavy atom. The highest BCUT2D eigenvalue weighted by Crippen LogP contribution is 2.45. The third-order valence-corrected chi connectivity index (χ3v) is 6.59. The molecule has 0 heteroatoms. The fourth-order valence-corrected chi connectivity index (χ4v) is 5.31. The Morgan fingerprint density at radius 1 is 0.267 bits per heavy atom. The minimum atomic E-state index is 1.26. The molecule has 0 aliphatic carbocycles. The highest BCUT2D eigenvalue weighted by molar-refractivity contribution is 6.39. The predicted octanol–water partition coefficient (Wildman–Crippen LogP) is 8.56. The van der Waals surface area contributed by atoms with Crippen LogP contribution in [0.4, 0.5) is 0 Å². The van der Waals surface area contributed by atoms with E-state index >= 15 is 0 Å². The Bertz CT molecular complexity index is 1720. The Hall–Kier alpha value is -3.90.